The SMILES string of the molecule is O=Cc1cc(Cl)cc(COc2c(F)cc(F)cc2F)c1. The van der Waals surface area contributed by atoms with Gasteiger partial charge in [-0.15, -0.1) is 0 Å². The average Bonchev–Trinajstić information content (AvgIpc) is 2.36. The maximum absolute atomic E-state index is 13.4. The van der Waals surface area contributed by atoms with Crippen molar-refractivity contribution in [2.45, 2.75) is 6.61 Å². The van der Waals surface area contributed by atoms with E-state index in [1.165, 1.54) is 18.2 Å². The number of hydrogen-bond acceptors (Lipinski definition) is 2. The highest BCUT2D eigenvalue weighted by molar-refractivity contribution is 6.30. The maximum atomic E-state index is 13.4. The smallest absolute Gasteiger partial charge is 0.191 e. The number of benzene rings is 2. The molecule has 0 aliphatic carbocycles. The lowest BCUT2D eigenvalue weighted by Gasteiger charge is -2.09. The van der Waals surface area contributed by atoms with Gasteiger partial charge in [-0.2, -0.15) is 0 Å². The lowest BCUT2D eigenvalue weighted by molar-refractivity contribution is 0.112. The predicted molar refractivity (Wildman–Crippen MR) is 67.5 cm³/mol. The number of carbonyl (C=O) groups excluding carboxylic acids is 1. The average molecular weight is 301 g/mol. The molecule has 2 nitrogen and oxygen atoms in total. The highest BCUT2D eigenvalue weighted by Gasteiger charge is 2.13. The number of hydrogen-bond donors (Lipinski definition) is 0. The van der Waals surface area contributed by atoms with Crippen LogP contribution in [0.1, 0.15) is 15.9 Å². The molecule has 104 valence electrons. The molecular weight excluding hydrogens is 293 g/mol. The van der Waals surface area contributed by atoms with Crippen LogP contribution in [0.25, 0.3) is 0 Å². The third kappa shape index (κ3) is 3.30. The fourth-order valence-corrected chi connectivity index (χ4v) is 1.92. The summed E-state index contributed by atoms with van der Waals surface area (Å²) in [4.78, 5) is 10.7. The molecule has 0 aromatic heterocycles. The van der Waals surface area contributed by atoms with Gasteiger partial charge in [0.15, 0.2) is 17.4 Å². The van der Waals surface area contributed by atoms with Crippen LogP contribution in [0.5, 0.6) is 5.75 Å². The minimum Gasteiger partial charge on any atom is -0.483 e. The van der Waals surface area contributed by atoms with E-state index in [-0.39, 0.29) is 6.61 Å². The molecule has 0 fully saturated rings. The zero-order valence-corrected chi connectivity index (χ0v) is 10.8. The number of rotatable bonds is 4. The van der Waals surface area contributed by atoms with Crippen molar-refractivity contribution in [3.8, 4) is 5.75 Å². The predicted octanol–water partition coefficient (Wildman–Crippen LogP) is 4.15. The van der Waals surface area contributed by atoms with Crippen molar-refractivity contribution >= 4 is 17.9 Å². The molecule has 0 saturated carbocycles. The van der Waals surface area contributed by atoms with Crippen LogP contribution in [0, 0.1) is 17.5 Å². The van der Waals surface area contributed by atoms with Gasteiger partial charge in [0.1, 0.15) is 18.7 Å². The van der Waals surface area contributed by atoms with Gasteiger partial charge in [-0.05, 0) is 23.8 Å². The van der Waals surface area contributed by atoms with E-state index in [1.54, 1.807) is 0 Å². The van der Waals surface area contributed by atoms with E-state index in [1.807, 2.05) is 0 Å². The summed E-state index contributed by atoms with van der Waals surface area (Å²) in [6.45, 7) is -0.207. The van der Waals surface area contributed by atoms with Crippen LogP contribution in [-0.4, -0.2) is 6.29 Å². The molecule has 0 bridgehead atoms. The first kappa shape index (κ1) is 14.4. The lowest BCUT2D eigenvalue weighted by Crippen LogP contribution is -2.01. The van der Waals surface area contributed by atoms with Crippen LogP contribution in [0.2, 0.25) is 5.02 Å². The van der Waals surface area contributed by atoms with E-state index in [0.717, 1.165) is 0 Å². The molecule has 0 amide bonds. The van der Waals surface area contributed by atoms with E-state index in [4.69, 9.17) is 16.3 Å². The van der Waals surface area contributed by atoms with Gasteiger partial charge in [0.05, 0.1) is 0 Å². The number of aldehydes is 1. The fraction of sp³-hybridized carbons (Fsp3) is 0.0714. The summed E-state index contributed by atoms with van der Waals surface area (Å²) >= 11 is 5.78. The van der Waals surface area contributed by atoms with Gasteiger partial charge in [-0.1, -0.05) is 11.6 Å². The van der Waals surface area contributed by atoms with Crippen molar-refractivity contribution in [1.82, 2.24) is 0 Å². The summed E-state index contributed by atoms with van der Waals surface area (Å²) in [5, 5.41) is 0.299. The van der Waals surface area contributed by atoms with Gasteiger partial charge in [0.2, 0.25) is 0 Å². The first-order chi connectivity index (χ1) is 9.49. The standard InChI is InChI=1S/C14H8ClF3O2/c15-10-2-8(6-19)1-9(3-10)7-20-14-12(17)4-11(16)5-13(14)18/h1-6H,7H2. The number of carbonyl (C=O) groups is 1. The Balaban J connectivity index is 2.21. The van der Waals surface area contributed by atoms with E-state index < -0.39 is 23.2 Å². The Hall–Kier alpha value is -2.01. The summed E-state index contributed by atoms with van der Waals surface area (Å²) in [5.41, 5.74) is 0.777. The number of ether oxygens (including phenoxy) is 1. The molecule has 0 heterocycles. The summed E-state index contributed by atoms with van der Waals surface area (Å²) in [5.74, 6) is -3.99. The molecule has 0 radical (unpaired) electrons. The van der Waals surface area contributed by atoms with E-state index in [0.29, 0.717) is 34.6 Å². The Morgan fingerprint density at radius 2 is 1.70 bits per heavy atom. The summed E-state index contributed by atoms with van der Waals surface area (Å²) in [7, 11) is 0. The summed E-state index contributed by atoms with van der Waals surface area (Å²) < 4.78 is 44.4. The molecule has 20 heavy (non-hydrogen) atoms. The van der Waals surface area contributed by atoms with Gasteiger partial charge < -0.3 is 4.74 Å². The van der Waals surface area contributed by atoms with Crippen molar-refractivity contribution in [3.63, 3.8) is 0 Å². The molecule has 0 atom stereocenters. The highest BCUT2D eigenvalue weighted by Crippen LogP contribution is 2.24. The molecule has 0 N–H and O–H groups in total. The molecule has 0 spiro atoms. The van der Waals surface area contributed by atoms with Gasteiger partial charge >= 0.3 is 0 Å². The molecule has 0 unspecified atom stereocenters. The molecule has 0 saturated heterocycles. The summed E-state index contributed by atoms with van der Waals surface area (Å²) in [6, 6.07) is 5.45. The molecule has 0 aliphatic heterocycles. The minimum atomic E-state index is -1.14. The summed E-state index contributed by atoms with van der Waals surface area (Å²) in [6.07, 6.45) is 0.592. The Morgan fingerprint density at radius 1 is 1.05 bits per heavy atom. The van der Waals surface area contributed by atoms with Crippen LogP contribution >= 0.6 is 11.6 Å². The zero-order valence-electron chi connectivity index (χ0n) is 10.00. The Morgan fingerprint density at radius 3 is 2.30 bits per heavy atom. The first-order valence-electron chi connectivity index (χ1n) is 5.51. The molecule has 0 aliphatic rings. The van der Waals surface area contributed by atoms with Gasteiger partial charge in [0, 0.05) is 22.7 Å². The topological polar surface area (TPSA) is 26.3 Å². The largest absolute Gasteiger partial charge is 0.483 e. The maximum Gasteiger partial charge on any atom is 0.191 e. The third-order valence-electron chi connectivity index (χ3n) is 2.46. The molecule has 2 aromatic carbocycles. The first-order valence-corrected chi connectivity index (χ1v) is 5.89. The minimum absolute atomic E-state index is 0.207. The van der Waals surface area contributed by atoms with Crippen molar-refractivity contribution < 1.29 is 22.7 Å². The highest BCUT2D eigenvalue weighted by atomic mass is 35.5. The fourth-order valence-electron chi connectivity index (χ4n) is 1.65. The third-order valence-corrected chi connectivity index (χ3v) is 2.68. The lowest BCUT2D eigenvalue weighted by atomic mass is 10.1. The molecule has 2 aromatic rings. The van der Waals surface area contributed by atoms with Crippen LogP contribution in [0.4, 0.5) is 13.2 Å². The Bertz CT molecular complexity index is 636. The van der Waals surface area contributed by atoms with Crippen molar-refractivity contribution in [2.24, 2.45) is 0 Å². The van der Waals surface area contributed by atoms with Crippen LogP contribution in [-0.2, 0) is 6.61 Å². The van der Waals surface area contributed by atoms with Gasteiger partial charge in [-0.3, -0.25) is 4.79 Å². The zero-order chi connectivity index (χ0) is 14.7. The van der Waals surface area contributed by atoms with E-state index in [2.05, 4.69) is 0 Å². The van der Waals surface area contributed by atoms with Gasteiger partial charge in [-0.25, -0.2) is 13.2 Å². The Labute approximate surface area is 117 Å². The van der Waals surface area contributed by atoms with Crippen molar-refractivity contribution in [1.29, 1.82) is 0 Å². The normalized spacial score (nSPS) is 10.4. The van der Waals surface area contributed by atoms with Gasteiger partial charge in [0.25, 0.3) is 0 Å². The van der Waals surface area contributed by atoms with Crippen molar-refractivity contribution in [3.05, 3.63) is 63.9 Å². The van der Waals surface area contributed by atoms with E-state index >= 15 is 0 Å². The second-order valence-electron chi connectivity index (χ2n) is 4.00. The number of halogens is 4. The van der Waals surface area contributed by atoms with Crippen LogP contribution < -0.4 is 4.74 Å². The molecular formula is C14H8ClF3O2. The van der Waals surface area contributed by atoms with Crippen molar-refractivity contribution in [2.75, 3.05) is 0 Å². The molecule has 2 rings (SSSR count). The quantitative estimate of drug-likeness (QED) is 0.793. The molecule has 6 heteroatoms. The van der Waals surface area contributed by atoms with E-state index in [9.17, 15) is 18.0 Å². The second kappa shape index (κ2) is 5.96. The second-order valence-corrected chi connectivity index (χ2v) is 4.43. The van der Waals surface area contributed by atoms with Crippen LogP contribution in [0.15, 0.2) is 30.3 Å². The van der Waals surface area contributed by atoms with Crippen LogP contribution in [0.3, 0.4) is 0 Å². The Kier molecular flexibility index (Phi) is 4.29. The monoisotopic (exact) mass is 300 g/mol.